The molecule has 2 spiro atoms. The van der Waals surface area contributed by atoms with E-state index in [0.29, 0.717) is 52.2 Å². The first-order valence-corrected chi connectivity index (χ1v) is 30.7. The largest absolute Gasteiger partial charge is 0.369 e. The molecule has 4 aliphatic heterocycles. The Balaban J connectivity index is 0.000000142. The van der Waals surface area contributed by atoms with Crippen LogP contribution in [0.2, 0.25) is 0 Å². The van der Waals surface area contributed by atoms with E-state index in [2.05, 4.69) is 93.5 Å². The van der Waals surface area contributed by atoms with Gasteiger partial charge in [0, 0.05) is 35.8 Å². The number of ether oxygens (including phenoxy) is 2. The maximum atomic E-state index is 13.1. The van der Waals surface area contributed by atoms with E-state index in [1.54, 1.807) is 16.7 Å². The number of aromatic amines is 2. The smallest absolute Gasteiger partial charge is 0.357 e. The second-order valence-corrected chi connectivity index (χ2v) is 28.7. The topological polar surface area (TPSA) is 117 Å². The number of benzene rings is 1. The SMILES string of the molecule is CC1=C2C[C@H]3[C@@H](CC[C@@H]4Cc5[nH]ncc5C[C@@]43C)[C@@H]2CC[C@@]2(C1)O[C@@H]1C[C@H](C)CN(OC(=O)c3ccccc3)[C@H]1[C@H]2C.CC1=C2C[C@H]3[C@@H](CC[C@@H]4Cc5[nH]ncc5C[C@@]43C)[C@@H]2CC[C@@]2(C1)O[C@@H]1C[C@H](C)CN[C@H]1[C@H]2C. The number of H-pyrrole nitrogens is 2. The maximum Gasteiger partial charge on any atom is 0.357 e. The van der Waals surface area contributed by atoms with E-state index < -0.39 is 0 Å². The van der Waals surface area contributed by atoms with Crippen molar-refractivity contribution in [2.45, 2.75) is 206 Å². The molecule has 4 saturated heterocycles. The highest BCUT2D eigenvalue weighted by Gasteiger charge is 2.63. The number of rotatable bonds is 2. The number of hydrogen-bond donors (Lipinski definition) is 3. The van der Waals surface area contributed by atoms with Gasteiger partial charge in [-0.05, 0) is 229 Å². The fraction of sp³-hybridized carbons (Fsp3) is 0.738. The van der Waals surface area contributed by atoms with Gasteiger partial charge in [0.2, 0.25) is 0 Å². The molecule has 8 fully saturated rings. The van der Waals surface area contributed by atoms with Crippen LogP contribution in [-0.2, 0) is 40.0 Å². The van der Waals surface area contributed by atoms with Gasteiger partial charge in [-0.25, -0.2) is 4.79 Å². The van der Waals surface area contributed by atoms with Gasteiger partial charge in [0.05, 0.1) is 47.4 Å². The number of aromatic nitrogens is 4. The minimum Gasteiger partial charge on any atom is -0.369 e. The molecule has 10 heteroatoms. The highest BCUT2D eigenvalue weighted by atomic mass is 16.7. The molecule has 0 bridgehead atoms. The van der Waals surface area contributed by atoms with Gasteiger partial charge in [-0.1, -0.05) is 82.0 Å². The van der Waals surface area contributed by atoms with E-state index in [4.69, 9.17) is 14.3 Å². The monoisotopic (exact) mass is 1020 g/mol. The Morgan fingerprint density at radius 2 is 1.21 bits per heavy atom. The summed E-state index contributed by atoms with van der Waals surface area (Å²) in [6.45, 7) is 21.6. The lowest BCUT2D eigenvalue weighted by molar-refractivity contribution is -0.182. The summed E-state index contributed by atoms with van der Waals surface area (Å²) in [7, 11) is 0. The van der Waals surface area contributed by atoms with E-state index in [0.717, 1.165) is 79.7 Å². The van der Waals surface area contributed by atoms with E-state index in [9.17, 15) is 4.79 Å². The van der Waals surface area contributed by atoms with Crippen LogP contribution in [-0.4, -0.2) is 80.0 Å². The van der Waals surface area contributed by atoms with Crippen LogP contribution < -0.4 is 5.32 Å². The summed E-state index contributed by atoms with van der Waals surface area (Å²) in [5, 5.41) is 21.3. The molecule has 3 N–H and O–H groups in total. The molecule has 1 aromatic carbocycles. The predicted octanol–water partition coefficient (Wildman–Crippen LogP) is 12.4. The van der Waals surface area contributed by atoms with Crippen molar-refractivity contribution in [3.8, 4) is 0 Å². The van der Waals surface area contributed by atoms with Gasteiger partial charge in [-0.3, -0.25) is 10.2 Å². The number of nitrogens with one attached hydrogen (secondary N) is 3. The highest BCUT2D eigenvalue weighted by Crippen LogP contribution is 2.67. The molecule has 2 aromatic heterocycles. The lowest BCUT2D eigenvalue weighted by Crippen LogP contribution is -2.52. The van der Waals surface area contributed by atoms with Crippen molar-refractivity contribution in [1.29, 1.82) is 0 Å². The zero-order valence-corrected chi connectivity index (χ0v) is 46.9. The first-order valence-electron chi connectivity index (χ1n) is 30.7. The van der Waals surface area contributed by atoms with Crippen molar-refractivity contribution < 1.29 is 19.1 Å². The Morgan fingerprint density at radius 3 is 1.80 bits per heavy atom. The van der Waals surface area contributed by atoms with Crippen molar-refractivity contribution in [3.05, 3.63) is 93.1 Å². The third kappa shape index (κ3) is 7.81. The minimum atomic E-state index is -0.259. The Labute approximate surface area is 448 Å². The third-order valence-corrected chi connectivity index (χ3v) is 25.0. The zero-order chi connectivity index (χ0) is 51.3. The molecule has 4 saturated carbocycles. The summed E-state index contributed by atoms with van der Waals surface area (Å²) in [6, 6.07) is 10.1. The molecule has 15 rings (SSSR count). The molecular formula is C65H90N6O4. The summed E-state index contributed by atoms with van der Waals surface area (Å²) >= 11 is 0. The molecule has 404 valence electrons. The second-order valence-electron chi connectivity index (χ2n) is 28.7. The van der Waals surface area contributed by atoms with Gasteiger partial charge in [-0.15, -0.1) is 5.06 Å². The van der Waals surface area contributed by atoms with Crippen LogP contribution in [0.4, 0.5) is 0 Å². The van der Waals surface area contributed by atoms with Crippen LogP contribution >= 0.6 is 0 Å². The van der Waals surface area contributed by atoms with Gasteiger partial charge in [-0.2, -0.15) is 10.2 Å². The lowest BCUT2D eigenvalue weighted by Gasteiger charge is -2.52. The van der Waals surface area contributed by atoms with Crippen LogP contribution in [0, 0.1) is 81.8 Å². The van der Waals surface area contributed by atoms with Crippen LogP contribution in [0.25, 0.3) is 0 Å². The Bertz CT molecular complexity index is 2740. The zero-order valence-electron chi connectivity index (χ0n) is 46.9. The Kier molecular flexibility index (Phi) is 12.1. The third-order valence-electron chi connectivity index (χ3n) is 25.0. The number of hydroxylamine groups is 2. The average molecular weight is 1020 g/mol. The number of nitrogens with zero attached hydrogens (tertiary/aromatic N) is 3. The molecule has 20 atom stereocenters. The highest BCUT2D eigenvalue weighted by molar-refractivity contribution is 5.89. The number of piperidine rings is 2. The molecule has 10 nitrogen and oxygen atoms in total. The second kappa shape index (κ2) is 18.2. The van der Waals surface area contributed by atoms with Crippen molar-refractivity contribution >= 4 is 5.97 Å². The predicted molar refractivity (Wildman–Crippen MR) is 292 cm³/mol. The quantitative estimate of drug-likeness (QED) is 0.217. The summed E-state index contributed by atoms with van der Waals surface area (Å²) < 4.78 is 14.3. The van der Waals surface area contributed by atoms with Gasteiger partial charge >= 0.3 is 5.97 Å². The molecule has 12 aliphatic rings. The average Bonchev–Trinajstić information content (AvgIpc) is 4.25. The van der Waals surface area contributed by atoms with Crippen molar-refractivity contribution in [1.82, 2.24) is 30.8 Å². The number of allylic oxidation sites excluding steroid dienone is 2. The Morgan fingerprint density at radius 1 is 0.667 bits per heavy atom. The van der Waals surface area contributed by atoms with Crippen LogP contribution in [0.3, 0.4) is 0 Å². The van der Waals surface area contributed by atoms with E-state index in [-0.39, 0.29) is 29.3 Å². The van der Waals surface area contributed by atoms with Gasteiger partial charge in [0.25, 0.3) is 0 Å². The van der Waals surface area contributed by atoms with Crippen molar-refractivity contribution in [2.24, 2.45) is 81.8 Å². The molecule has 0 radical (unpaired) electrons. The van der Waals surface area contributed by atoms with Crippen LogP contribution in [0.5, 0.6) is 0 Å². The van der Waals surface area contributed by atoms with Crippen molar-refractivity contribution in [2.75, 3.05) is 13.1 Å². The standard InChI is InChI=1S/C36H47N3O3.C29H43N3O/c1-21-14-32-33(39(20-21)42-34(40)24-8-6-5-7-9-24)23(3)36(41-32)13-12-27-28-11-10-26-15-31-25(19-37-38-31)18-35(26,4)30(28)16-29(27)22(2)17-36;1-16-9-26-27(30-14-16)18(3)29(33-26)8-7-21-22-6-5-20-10-25-19(15-31-32-25)13-28(20,4)24(22)11-23(21)17(2)12-29/h5-9,19,21,23,26-28,30,32-33H,10-18,20H2,1-4H3,(H,37,38);15-16,18,20-22,24,26-27,30H,5-14H2,1-4H3,(H,31,32)/t21-,23+,26+,27-,28-,30-,32+,33-,35-,36-;16-,18+,20+,21-,22-,24-,26+,27-,28-,29-/m00/s1. The van der Waals surface area contributed by atoms with E-state index in [1.807, 2.05) is 41.0 Å². The van der Waals surface area contributed by atoms with Crippen LogP contribution in [0.1, 0.15) is 178 Å². The maximum absolute atomic E-state index is 13.1. The van der Waals surface area contributed by atoms with Crippen LogP contribution in [0.15, 0.2) is 65.0 Å². The van der Waals surface area contributed by atoms with Crippen molar-refractivity contribution in [3.63, 3.8) is 0 Å². The number of fused-ring (bicyclic) bond motifs is 14. The normalized spacial score (nSPS) is 46.3. The van der Waals surface area contributed by atoms with E-state index >= 15 is 0 Å². The molecule has 0 amide bonds. The first-order chi connectivity index (χ1) is 36.1. The summed E-state index contributed by atoms with van der Waals surface area (Å²) in [5.41, 5.74) is 14.0. The Hall–Kier alpha value is -3.57. The number of carbonyl (C=O) groups is 1. The summed E-state index contributed by atoms with van der Waals surface area (Å²) in [4.78, 5) is 19.3. The van der Waals surface area contributed by atoms with E-state index in [1.165, 1.54) is 119 Å². The molecule has 0 unspecified atom stereocenters. The number of hydrogen-bond acceptors (Lipinski definition) is 8. The number of carbonyl (C=O) groups excluding carboxylic acids is 1. The van der Waals surface area contributed by atoms with Gasteiger partial charge in [0.15, 0.2) is 0 Å². The molecule has 6 heterocycles. The fourth-order valence-corrected chi connectivity index (χ4v) is 21.1. The molecule has 75 heavy (non-hydrogen) atoms. The summed E-state index contributed by atoms with van der Waals surface area (Å²) in [5.74, 6) is 8.24. The van der Waals surface area contributed by atoms with Gasteiger partial charge in [0.1, 0.15) is 0 Å². The lowest BCUT2D eigenvalue weighted by atomic mass is 9.52. The van der Waals surface area contributed by atoms with Gasteiger partial charge < -0.3 is 19.6 Å². The fourth-order valence-electron chi connectivity index (χ4n) is 21.1. The molecule has 3 aromatic rings. The minimum absolute atomic E-state index is 0.0704. The molecular weight excluding hydrogens is 929 g/mol. The summed E-state index contributed by atoms with van der Waals surface area (Å²) in [6.07, 6.45) is 27.2. The molecule has 8 aliphatic carbocycles. The first kappa shape index (κ1) is 49.7.